The van der Waals surface area contributed by atoms with E-state index in [1.54, 1.807) is 0 Å². The number of allylic oxidation sites excluding steroid dienone is 2. The van der Waals surface area contributed by atoms with E-state index in [9.17, 15) is 65.9 Å². The summed E-state index contributed by atoms with van der Waals surface area (Å²) in [5, 5.41) is 0. The molecule has 0 heterocycles. The van der Waals surface area contributed by atoms with Crippen molar-refractivity contribution < 1.29 is 65.9 Å². The Morgan fingerprint density at radius 3 is 1.40 bits per heavy atom. The Kier molecular flexibility index (Phi) is 7.46. The molecule has 0 unspecified atom stereocenters. The van der Waals surface area contributed by atoms with Gasteiger partial charge in [-0.05, 0) is 0 Å². The Labute approximate surface area is 160 Å². The van der Waals surface area contributed by atoms with Gasteiger partial charge in [0, 0.05) is 6.08 Å². The van der Waals surface area contributed by atoms with Crippen molar-refractivity contribution in [2.75, 3.05) is 0 Å². The van der Waals surface area contributed by atoms with Gasteiger partial charge in [-0.1, -0.05) is 25.6 Å². The van der Waals surface area contributed by atoms with Gasteiger partial charge in [-0.3, -0.25) is 0 Å². The fraction of sp³-hybridized carbons (Fsp3) is 0.714. The lowest BCUT2D eigenvalue weighted by molar-refractivity contribution is -0.430. The molecule has 0 radical (unpaired) electrons. The third-order valence-corrected chi connectivity index (χ3v) is 4.11. The molecule has 0 aromatic heterocycles. The van der Waals surface area contributed by atoms with E-state index >= 15 is 0 Å². The van der Waals surface area contributed by atoms with Gasteiger partial charge in [-0.25, -0.2) is 13.2 Å². The van der Waals surface area contributed by atoms with E-state index in [0.717, 1.165) is 0 Å². The maximum absolute atomic E-state index is 13.4. The highest BCUT2D eigenvalue weighted by atomic mass is 28.3. The van der Waals surface area contributed by atoms with Crippen LogP contribution in [0.2, 0.25) is 19.6 Å². The molecule has 0 aliphatic rings. The molecule has 30 heavy (non-hydrogen) atoms. The smallest absolute Gasteiger partial charge is 0.204 e. The molecule has 0 saturated carbocycles. The van der Waals surface area contributed by atoms with Crippen molar-refractivity contribution in [1.82, 2.24) is 0 Å². The van der Waals surface area contributed by atoms with E-state index in [1.165, 1.54) is 25.6 Å². The van der Waals surface area contributed by atoms with Gasteiger partial charge in [0.1, 0.15) is 8.07 Å². The van der Waals surface area contributed by atoms with Crippen molar-refractivity contribution in [2.24, 2.45) is 0 Å². The molecule has 0 rings (SSSR count). The zero-order valence-corrected chi connectivity index (χ0v) is 15.8. The zero-order valence-electron chi connectivity index (χ0n) is 14.8. The SMILES string of the molecule is C[Si](C)(C)C#C/C=C(\F)C(F)(F)C(F)(F)C(F)(F)C(F)(F)C(F)(F)C(F)(F)C(F)F. The highest BCUT2D eigenvalue weighted by molar-refractivity contribution is 6.83. The van der Waals surface area contributed by atoms with Crippen LogP contribution in [-0.2, 0) is 0 Å². The molecule has 0 N–H and O–H groups in total. The van der Waals surface area contributed by atoms with Gasteiger partial charge >= 0.3 is 42.0 Å². The van der Waals surface area contributed by atoms with Crippen LogP contribution >= 0.6 is 0 Å². The summed E-state index contributed by atoms with van der Waals surface area (Å²) >= 11 is 0. The van der Waals surface area contributed by atoms with Crippen LogP contribution in [0.4, 0.5) is 65.9 Å². The fourth-order valence-electron chi connectivity index (χ4n) is 1.49. The molecular formula is C14H11F15Si. The van der Waals surface area contributed by atoms with E-state index in [1.807, 2.05) is 0 Å². The minimum atomic E-state index is -8.18. The summed E-state index contributed by atoms with van der Waals surface area (Å²) in [5.74, 6) is -48.5. The Hall–Kier alpha value is -1.53. The van der Waals surface area contributed by atoms with Crippen LogP contribution in [0.15, 0.2) is 11.9 Å². The Bertz CT molecular complexity index is 718. The standard InChI is InChI=1S/C14H11F15Si/c1-30(2,3)6-4-5-7(15)9(18,19)11(22,23)13(26,27)14(28,29)12(24,25)10(20,21)8(16)17/h5,8H,1-3H3/b7-5-. The third kappa shape index (κ3) is 4.40. The number of alkyl halides is 14. The Morgan fingerprint density at radius 2 is 1.07 bits per heavy atom. The van der Waals surface area contributed by atoms with Crippen molar-refractivity contribution in [1.29, 1.82) is 0 Å². The minimum absolute atomic E-state index is 0.730. The van der Waals surface area contributed by atoms with Crippen LogP contribution in [0.3, 0.4) is 0 Å². The van der Waals surface area contributed by atoms with Crippen LogP contribution in [0.1, 0.15) is 0 Å². The van der Waals surface area contributed by atoms with Gasteiger partial charge in [0.15, 0.2) is 5.83 Å². The molecule has 0 fully saturated rings. The van der Waals surface area contributed by atoms with Crippen molar-refractivity contribution in [3.8, 4) is 11.5 Å². The van der Waals surface area contributed by atoms with Crippen LogP contribution in [0, 0.1) is 11.5 Å². The quantitative estimate of drug-likeness (QED) is 0.209. The molecule has 0 spiro atoms. The first kappa shape index (κ1) is 28.5. The maximum Gasteiger partial charge on any atom is 0.385 e. The molecule has 0 bridgehead atoms. The normalized spacial score (nSPS) is 15.9. The van der Waals surface area contributed by atoms with Crippen LogP contribution in [0.5, 0.6) is 0 Å². The first-order valence-electron chi connectivity index (χ1n) is 7.26. The molecule has 0 aromatic rings. The first-order chi connectivity index (χ1) is 12.8. The van der Waals surface area contributed by atoms with Gasteiger partial charge in [0.05, 0.1) is 0 Å². The molecule has 0 saturated heterocycles. The van der Waals surface area contributed by atoms with Crippen LogP contribution in [0.25, 0.3) is 0 Å². The maximum atomic E-state index is 13.4. The van der Waals surface area contributed by atoms with Crippen molar-refractivity contribution in [3.63, 3.8) is 0 Å². The lowest BCUT2D eigenvalue weighted by Gasteiger charge is -2.40. The molecule has 0 aromatic carbocycles. The third-order valence-electron chi connectivity index (χ3n) is 3.22. The summed E-state index contributed by atoms with van der Waals surface area (Å²) in [7, 11) is -2.48. The summed E-state index contributed by atoms with van der Waals surface area (Å²) in [6.07, 6.45) is -6.51. The Balaban J connectivity index is 6.52. The number of rotatable bonds is 7. The van der Waals surface area contributed by atoms with E-state index < -0.39 is 61.9 Å². The van der Waals surface area contributed by atoms with Crippen LogP contribution < -0.4 is 0 Å². The number of hydrogen-bond acceptors (Lipinski definition) is 0. The van der Waals surface area contributed by atoms with Gasteiger partial charge < -0.3 is 0 Å². The van der Waals surface area contributed by atoms with Crippen molar-refractivity contribution in [3.05, 3.63) is 11.9 Å². The van der Waals surface area contributed by atoms with Gasteiger partial charge in [0.2, 0.25) is 0 Å². The molecule has 0 aliphatic heterocycles. The monoisotopic (exact) mass is 492 g/mol. The van der Waals surface area contributed by atoms with Gasteiger partial charge in [-0.15, -0.1) is 5.54 Å². The average molecular weight is 492 g/mol. The van der Waals surface area contributed by atoms with E-state index in [-0.39, 0.29) is 0 Å². The molecule has 0 atom stereocenters. The number of halogens is 15. The molecule has 0 aliphatic carbocycles. The first-order valence-corrected chi connectivity index (χ1v) is 10.8. The van der Waals surface area contributed by atoms with E-state index in [4.69, 9.17) is 0 Å². The molecule has 0 amide bonds. The summed E-state index contributed by atoms with van der Waals surface area (Å²) in [4.78, 5) is 0. The molecule has 176 valence electrons. The zero-order chi connectivity index (χ0) is 24.8. The lowest BCUT2D eigenvalue weighted by atomic mass is 9.91. The van der Waals surface area contributed by atoms with Gasteiger partial charge in [-0.2, -0.15) is 52.7 Å². The predicted octanol–water partition coefficient (Wildman–Crippen LogP) is 6.80. The topological polar surface area (TPSA) is 0 Å². The second-order valence-corrected chi connectivity index (χ2v) is 11.6. The average Bonchev–Trinajstić information content (AvgIpc) is 2.52. The summed E-state index contributed by atoms with van der Waals surface area (Å²) in [6.45, 7) is 4.25. The largest absolute Gasteiger partial charge is 0.385 e. The van der Waals surface area contributed by atoms with Crippen molar-refractivity contribution in [2.45, 2.75) is 61.6 Å². The molecular weight excluding hydrogens is 481 g/mol. The summed E-state index contributed by atoms with van der Waals surface area (Å²) < 4.78 is 195. The predicted molar refractivity (Wildman–Crippen MR) is 76.0 cm³/mol. The molecule has 0 nitrogen and oxygen atoms in total. The lowest BCUT2D eigenvalue weighted by Crippen LogP contribution is -2.71. The van der Waals surface area contributed by atoms with Gasteiger partial charge in [0.25, 0.3) is 0 Å². The van der Waals surface area contributed by atoms with E-state index in [2.05, 4.69) is 5.54 Å². The second-order valence-electron chi connectivity index (χ2n) is 6.81. The summed E-state index contributed by atoms with van der Waals surface area (Å²) in [6, 6.07) is 0. The highest BCUT2D eigenvalue weighted by Crippen LogP contribution is 2.61. The Morgan fingerprint density at radius 1 is 0.700 bits per heavy atom. The fourth-order valence-corrected chi connectivity index (χ4v) is 2.00. The highest BCUT2D eigenvalue weighted by Gasteiger charge is 2.91. The van der Waals surface area contributed by atoms with Crippen molar-refractivity contribution >= 4 is 8.07 Å². The van der Waals surface area contributed by atoms with E-state index in [0.29, 0.717) is 0 Å². The molecule has 16 heteroatoms. The number of hydrogen-bond donors (Lipinski definition) is 0. The van der Waals surface area contributed by atoms with Crippen LogP contribution in [-0.4, -0.2) is 50.0 Å². The minimum Gasteiger partial charge on any atom is -0.204 e. The summed E-state index contributed by atoms with van der Waals surface area (Å²) in [5.41, 5.74) is 2.06. The second kappa shape index (κ2) is 7.86.